The SMILES string of the molecule is S=C=Nc1ccccc1C=Cc1ccccc1N=C=S. The Morgan fingerprint density at radius 1 is 0.700 bits per heavy atom. The van der Waals surface area contributed by atoms with Gasteiger partial charge in [-0.1, -0.05) is 48.6 Å². The molecule has 0 aromatic heterocycles. The van der Waals surface area contributed by atoms with Gasteiger partial charge in [-0.15, -0.1) is 0 Å². The van der Waals surface area contributed by atoms with Crippen LogP contribution in [0.5, 0.6) is 0 Å². The number of rotatable bonds is 4. The third kappa shape index (κ3) is 3.64. The zero-order valence-electron chi connectivity index (χ0n) is 10.5. The Morgan fingerprint density at radius 3 is 1.50 bits per heavy atom. The topological polar surface area (TPSA) is 24.7 Å². The number of benzene rings is 2. The lowest BCUT2D eigenvalue weighted by Gasteiger charge is -2.00. The second-order valence-corrected chi connectivity index (χ2v) is 4.22. The van der Waals surface area contributed by atoms with Gasteiger partial charge in [-0.25, -0.2) is 0 Å². The highest BCUT2D eigenvalue weighted by Gasteiger charge is 1.98. The van der Waals surface area contributed by atoms with Crippen LogP contribution in [0.25, 0.3) is 12.2 Å². The molecule has 2 aromatic rings. The summed E-state index contributed by atoms with van der Waals surface area (Å²) < 4.78 is 0. The molecule has 0 amide bonds. The molecule has 20 heavy (non-hydrogen) atoms. The standard InChI is InChI=1S/C16H10N2S2/c19-11-17-15-7-3-1-5-13(15)9-10-14-6-2-4-8-16(14)18-12-20/h1-10H. The van der Waals surface area contributed by atoms with Crippen LogP contribution in [0, 0.1) is 0 Å². The smallest absolute Gasteiger partial charge is 0.0811 e. The first kappa shape index (κ1) is 14.2. The summed E-state index contributed by atoms with van der Waals surface area (Å²) in [7, 11) is 0. The highest BCUT2D eigenvalue weighted by Crippen LogP contribution is 2.24. The number of para-hydroxylation sites is 2. The van der Waals surface area contributed by atoms with Gasteiger partial charge in [0.15, 0.2) is 0 Å². The average Bonchev–Trinajstić information content (AvgIpc) is 2.48. The maximum atomic E-state index is 4.65. The van der Waals surface area contributed by atoms with Crippen molar-refractivity contribution >= 4 is 58.3 Å². The number of isothiocyanates is 2. The maximum Gasteiger partial charge on any atom is 0.0811 e. The molecule has 0 fully saturated rings. The second kappa shape index (κ2) is 7.39. The Hall–Kier alpha value is -2.22. The van der Waals surface area contributed by atoms with Crippen molar-refractivity contribution in [3.05, 3.63) is 59.7 Å². The van der Waals surface area contributed by atoms with Crippen molar-refractivity contribution in [3.63, 3.8) is 0 Å². The van der Waals surface area contributed by atoms with Gasteiger partial charge in [-0.2, -0.15) is 9.98 Å². The average molecular weight is 294 g/mol. The largest absolute Gasteiger partial charge is 0.194 e. The van der Waals surface area contributed by atoms with E-state index in [0.29, 0.717) is 0 Å². The predicted molar refractivity (Wildman–Crippen MR) is 91.2 cm³/mol. The number of hydrogen-bond acceptors (Lipinski definition) is 4. The lowest BCUT2D eigenvalue weighted by Crippen LogP contribution is -1.76. The zero-order valence-corrected chi connectivity index (χ0v) is 12.1. The van der Waals surface area contributed by atoms with E-state index in [1.54, 1.807) is 0 Å². The van der Waals surface area contributed by atoms with Crippen molar-refractivity contribution in [1.82, 2.24) is 0 Å². The fraction of sp³-hybridized carbons (Fsp3) is 0. The van der Waals surface area contributed by atoms with Crippen LogP contribution in [0.1, 0.15) is 11.1 Å². The van der Waals surface area contributed by atoms with Gasteiger partial charge in [0.25, 0.3) is 0 Å². The quantitative estimate of drug-likeness (QED) is 0.433. The molecule has 4 heteroatoms. The van der Waals surface area contributed by atoms with Crippen LogP contribution in [0.15, 0.2) is 58.5 Å². The summed E-state index contributed by atoms with van der Waals surface area (Å²) in [5.41, 5.74) is 3.50. The monoisotopic (exact) mass is 294 g/mol. The summed E-state index contributed by atoms with van der Waals surface area (Å²) in [6.45, 7) is 0. The number of nitrogens with zero attached hydrogens (tertiary/aromatic N) is 2. The summed E-state index contributed by atoms with van der Waals surface area (Å²) in [4.78, 5) is 8.08. The van der Waals surface area contributed by atoms with E-state index < -0.39 is 0 Å². The molecule has 0 unspecified atom stereocenters. The van der Waals surface area contributed by atoms with Gasteiger partial charge in [0.2, 0.25) is 0 Å². The fourth-order valence-electron chi connectivity index (χ4n) is 1.74. The summed E-state index contributed by atoms with van der Waals surface area (Å²) in [6.07, 6.45) is 3.92. The van der Waals surface area contributed by atoms with E-state index >= 15 is 0 Å². The van der Waals surface area contributed by atoms with Crippen molar-refractivity contribution in [2.75, 3.05) is 0 Å². The predicted octanol–water partition coefficient (Wildman–Crippen LogP) is 5.33. The van der Waals surface area contributed by atoms with Crippen molar-refractivity contribution in [2.24, 2.45) is 9.98 Å². The maximum absolute atomic E-state index is 4.65. The summed E-state index contributed by atoms with van der Waals surface area (Å²) in [6, 6.07) is 15.4. The van der Waals surface area contributed by atoms with Crippen LogP contribution in [-0.4, -0.2) is 10.3 Å². The molecule has 0 spiro atoms. The molecule has 0 saturated heterocycles. The zero-order chi connectivity index (χ0) is 14.2. The van der Waals surface area contributed by atoms with Crippen LogP contribution in [0.2, 0.25) is 0 Å². The van der Waals surface area contributed by atoms with Crippen molar-refractivity contribution in [3.8, 4) is 0 Å². The Kier molecular flexibility index (Phi) is 5.24. The lowest BCUT2D eigenvalue weighted by molar-refractivity contribution is 1.51. The highest BCUT2D eigenvalue weighted by atomic mass is 32.1. The number of thiocarbonyl (C=S) groups is 2. The van der Waals surface area contributed by atoms with E-state index in [2.05, 4.69) is 44.7 Å². The van der Waals surface area contributed by atoms with Crippen molar-refractivity contribution in [1.29, 1.82) is 0 Å². The lowest BCUT2D eigenvalue weighted by atomic mass is 10.1. The first-order valence-corrected chi connectivity index (χ1v) is 6.68. The molecule has 0 atom stereocenters. The molecule has 0 aliphatic heterocycles. The second-order valence-electron chi connectivity index (χ2n) is 3.86. The molecule has 2 nitrogen and oxygen atoms in total. The molecular formula is C16H10N2S2. The van der Waals surface area contributed by atoms with Crippen LogP contribution in [-0.2, 0) is 0 Å². The highest BCUT2D eigenvalue weighted by molar-refractivity contribution is 7.78. The molecule has 0 heterocycles. The van der Waals surface area contributed by atoms with E-state index in [1.165, 1.54) is 0 Å². The third-order valence-corrected chi connectivity index (χ3v) is 2.83. The molecule has 0 aliphatic rings. The van der Waals surface area contributed by atoms with Gasteiger partial charge in [-0.3, -0.25) is 0 Å². The normalized spacial score (nSPS) is 9.80. The summed E-state index contributed by atoms with van der Waals surface area (Å²) in [5, 5.41) is 4.77. The van der Waals surface area contributed by atoms with Crippen LogP contribution < -0.4 is 0 Å². The molecule has 2 aromatic carbocycles. The Morgan fingerprint density at radius 2 is 1.10 bits per heavy atom. The molecule has 0 N–H and O–H groups in total. The van der Waals surface area contributed by atoms with Crippen LogP contribution in [0.3, 0.4) is 0 Å². The van der Waals surface area contributed by atoms with Crippen molar-refractivity contribution < 1.29 is 0 Å². The van der Waals surface area contributed by atoms with Crippen LogP contribution >= 0.6 is 24.4 Å². The van der Waals surface area contributed by atoms with Gasteiger partial charge in [0.05, 0.1) is 21.7 Å². The number of aliphatic imine (C=N–C) groups is 2. The van der Waals surface area contributed by atoms with E-state index in [4.69, 9.17) is 0 Å². The molecule has 0 aliphatic carbocycles. The van der Waals surface area contributed by atoms with Crippen LogP contribution in [0.4, 0.5) is 11.4 Å². The van der Waals surface area contributed by atoms with Gasteiger partial charge >= 0.3 is 0 Å². The van der Waals surface area contributed by atoms with Gasteiger partial charge in [0.1, 0.15) is 0 Å². The van der Waals surface area contributed by atoms with E-state index in [-0.39, 0.29) is 0 Å². The molecular weight excluding hydrogens is 284 g/mol. The van der Waals surface area contributed by atoms with Gasteiger partial charge < -0.3 is 0 Å². The molecule has 0 radical (unpaired) electrons. The fourth-order valence-corrected chi connectivity index (χ4v) is 1.94. The Balaban J connectivity index is 2.40. The first-order chi connectivity index (χ1) is 9.85. The summed E-state index contributed by atoms with van der Waals surface area (Å²) in [5.74, 6) is 0. The minimum Gasteiger partial charge on any atom is -0.194 e. The van der Waals surface area contributed by atoms with Crippen molar-refractivity contribution in [2.45, 2.75) is 0 Å². The molecule has 0 saturated carbocycles. The first-order valence-electron chi connectivity index (χ1n) is 5.87. The van der Waals surface area contributed by atoms with E-state index in [0.717, 1.165) is 22.5 Å². The van der Waals surface area contributed by atoms with E-state index in [9.17, 15) is 0 Å². The molecule has 0 bridgehead atoms. The Labute approximate surface area is 128 Å². The van der Waals surface area contributed by atoms with Gasteiger partial charge in [0, 0.05) is 11.1 Å². The Bertz CT molecular complexity index is 674. The summed E-state index contributed by atoms with van der Waals surface area (Å²) >= 11 is 9.30. The minimum atomic E-state index is 0.787. The third-order valence-electron chi connectivity index (χ3n) is 2.65. The minimum absolute atomic E-state index is 0.787. The van der Waals surface area contributed by atoms with E-state index in [1.807, 2.05) is 60.7 Å². The molecule has 96 valence electrons. The number of hydrogen-bond donors (Lipinski definition) is 0. The molecule has 2 rings (SSSR count). The van der Waals surface area contributed by atoms with Gasteiger partial charge in [-0.05, 0) is 36.6 Å².